The fraction of sp³-hybridized carbons (Fsp3) is 0.588. The first-order valence-electron chi connectivity index (χ1n) is 8.08. The molecule has 0 saturated heterocycles. The normalized spacial score (nSPS) is 27.7. The van der Waals surface area contributed by atoms with Crippen LogP contribution in [0.2, 0.25) is 0 Å². The van der Waals surface area contributed by atoms with E-state index in [1.807, 2.05) is 0 Å². The number of esters is 1. The summed E-state index contributed by atoms with van der Waals surface area (Å²) in [6.07, 6.45) is 8.88. The van der Waals surface area contributed by atoms with Crippen molar-refractivity contribution in [2.24, 2.45) is 5.92 Å². The second kappa shape index (κ2) is 6.07. The minimum Gasteiger partial charge on any atom is -0.455 e. The second-order valence-corrected chi connectivity index (χ2v) is 6.45. The van der Waals surface area contributed by atoms with Gasteiger partial charge in [-0.25, -0.2) is 4.79 Å². The van der Waals surface area contributed by atoms with Gasteiger partial charge in [0.25, 0.3) is 5.69 Å². The average Bonchev–Trinajstić information content (AvgIpc) is 2.54. The fourth-order valence-corrected chi connectivity index (χ4v) is 3.98. The van der Waals surface area contributed by atoms with Crippen molar-refractivity contribution in [1.82, 2.24) is 0 Å². The van der Waals surface area contributed by atoms with Crippen LogP contribution in [-0.2, 0) is 4.74 Å². The van der Waals surface area contributed by atoms with Crippen LogP contribution in [0.1, 0.15) is 61.7 Å². The van der Waals surface area contributed by atoms with Crippen LogP contribution in [-0.4, -0.2) is 16.5 Å². The largest absolute Gasteiger partial charge is 0.455 e. The molecule has 0 aliphatic heterocycles. The van der Waals surface area contributed by atoms with Crippen LogP contribution in [0.25, 0.3) is 0 Å². The number of nitro benzene ring substituents is 1. The maximum atomic E-state index is 12.5. The number of hydrogen-bond donors (Lipinski definition) is 0. The molecular weight excluding hydrogens is 282 g/mol. The summed E-state index contributed by atoms with van der Waals surface area (Å²) in [7, 11) is 0. The van der Waals surface area contributed by atoms with E-state index in [0.29, 0.717) is 11.5 Å². The molecule has 118 valence electrons. The molecule has 0 aromatic heterocycles. The summed E-state index contributed by atoms with van der Waals surface area (Å²) >= 11 is 0. The summed E-state index contributed by atoms with van der Waals surface area (Å²) < 4.78 is 5.96. The van der Waals surface area contributed by atoms with E-state index >= 15 is 0 Å². The van der Waals surface area contributed by atoms with Gasteiger partial charge in [-0.05, 0) is 56.6 Å². The highest BCUT2D eigenvalue weighted by atomic mass is 16.6. The van der Waals surface area contributed by atoms with Crippen LogP contribution >= 0.6 is 0 Å². The SMILES string of the molecule is O=C(OC12CCCCC1CCCC2)c1ccc([N+](=O)[O-])cc1. The lowest BCUT2D eigenvalue weighted by molar-refractivity contribution is -0.384. The third-order valence-corrected chi connectivity index (χ3v) is 5.16. The van der Waals surface area contributed by atoms with E-state index in [0.717, 1.165) is 38.5 Å². The molecule has 2 saturated carbocycles. The van der Waals surface area contributed by atoms with E-state index in [-0.39, 0.29) is 17.3 Å². The highest BCUT2D eigenvalue weighted by Gasteiger charge is 2.45. The van der Waals surface area contributed by atoms with Crippen molar-refractivity contribution in [3.8, 4) is 0 Å². The number of non-ortho nitro benzene ring substituents is 1. The van der Waals surface area contributed by atoms with E-state index in [1.54, 1.807) is 0 Å². The topological polar surface area (TPSA) is 69.4 Å². The number of carbonyl (C=O) groups excluding carboxylic acids is 1. The van der Waals surface area contributed by atoms with Crippen molar-refractivity contribution in [2.75, 3.05) is 0 Å². The molecule has 0 atom stereocenters. The molecule has 0 radical (unpaired) electrons. The molecule has 0 spiro atoms. The Hall–Kier alpha value is -1.91. The lowest BCUT2D eigenvalue weighted by atomic mass is 9.67. The molecule has 5 heteroatoms. The van der Waals surface area contributed by atoms with Crippen LogP contribution in [0.4, 0.5) is 5.69 Å². The standard InChI is InChI=1S/C17H21NO4/c19-16(13-7-9-15(10-8-13)18(20)21)22-17-11-3-1-5-14(17)6-2-4-12-17/h7-10,14H,1-6,11-12H2. The van der Waals surface area contributed by atoms with Crippen LogP contribution in [0.15, 0.2) is 24.3 Å². The summed E-state index contributed by atoms with van der Waals surface area (Å²) in [5, 5.41) is 10.7. The zero-order chi connectivity index (χ0) is 15.6. The molecule has 0 bridgehead atoms. The van der Waals surface area contributed by atoms with Crippen LogP contribution < -0.4 is 0 Å². The van der Waals surface area contributed by atoms with E-state index in [4.69, 9.17) is 4.74 Å². The van der Waals surface area contributed by atoms with Gasteiger partial charge >= 0.3 is 5.97 Å². The highest BCUT2D eigenvalue weighted by molar-refractivity contribution is 5.90. The van der Waals surface area contributed by atoms with Gasteiger partial charge in [-0.3, -0.25) is 10.1 Å². The van der Waals surface area contributed by atoms with Gasteiger partial charge in [0.1, 0.15) is 5.60 Å². The van der Waals surface area contributed by atoms with Crippen molar-refractivity contribution in [2.45, 2.75) is 57.0 Å². The zero-order valence-corrected chi connectivity index (χ0v) is 12.6. The zero-order valence-electron chi connectivity index (χ0n) is 12.6. The summed E-state index contributed by atoms with van der Waals surface area (Å²) in [6.45, 7) is 0. The molecule has 3 rings (SSSR count). The number of ether oxygens (including phenoxy) is 1. The Kier molecular flexibility index (Phi) is 4.14. The second-order valence-electron chi connectivity index (χ2n) is 6.45. The molecule has 0 amide bonds. The van der Waals surface area contributed by atoms with Gasteiger partial charge in [0.2, 0.25) is 0 Å². The van der Waals surface area contributed by atoms with E-state index in [1.165, 1.54) is 37.1 Å². The maximum Gasteiger partial charge on any atom is 0.338 e. The first-order chi connectivity index (χ1) is 10.6. The van der Waals surface area contributed by atoms with Gasteiger partial charge in [-0.15, -0.1) is 0 Å². The number of carbonyl (C=O) groups is 1. The van der Waals surface area contributed by atoms with Crippen molar-refractivity contribution in [3.05, 3.63) is 39.9 Å². The van der Waals surface area contributed by atoms with Crippen molar-refractivity contribution in [3.63, 3.8) is 0 Å². The summed E-state index contributed by atoms with van der Waals surface area (Å²) in [5.41, 5.74) is 0.0906. The molecule has 2 aliphatic carbocycles. The Bertz CT molecular complexity index is 555. The number of nitro groups is 1. The first-order valence-corrected chi connectivity index (χ1v) is 8.08. The van der Waals surface area contributed by atoms with E-state index < -0.39 is 4.92 Å². The van der Waals surface area contributed by atoms with Gasteiger partial charge in [0.05, 0.1) is 10.5 Å². The minimum absolute atomic E-state index is 0.0112. The minimum atomic E-state index is -0.466. The van der Waals surface area contributed by atoms with Crippen LogP contribution in [0.3, 0.4) is 0 Å². The molecule has 22 heavy (non-hydrogen) atoms. The molecule has 0 unspecified atom stereocenters. The monoisotopic (exact) mass is 303 g/mol. The first kappa shape index (κ1) is 15.0. The third-order valence-electron chi connectivity index (χ3n) is 5.16. The number of benzene rings is 1. The number of fused-ring (bicyclic) bond motifs is 1. The quantitative estimate of drug-likeness (QED) is 0.475. The molecule has 2 fully saturated rings. The van der Waals surface area contributed by atoms with E-state index in [9.17, 15) is 14.9 Å². The van der Waals surface area contributed by atoms with Crippen molar-refractivity contribution < 1.29 is 14.5 Å². The Labute approximate surface area is 129 Å². The Morgan fingerprint density at radius 3 is 2.23 bits per heavy atom. The lowest BCUT2D eigenvalue weighted by Crippen LogP contribution is -2.46. The molecular formula is C17H21NO4. The Balaban J connectivity index is 1.75. The molecule has 5 nitrogen and oxygen atoms in total. The number of rotatable bonds is 3. The number of nitrogens with zero attached hydrogens (tertiary/aromatic N) is 1. The lowest BCUT2D eigenvalue weighted by Gasteiger charge is -2.46. The highest BCUT2D eigenvalue weighted by Crippen LogP contribution is 2.46. The fourth-order valence-electron chi connectivity index (χ4n) is 3.98. The molecule has 0 N–H and O–H groups in total. The molecule has 0 heterocycles. The molecule has 2 aliphatic rings. The van der Waals surface area contributed by atoms with Crippen molar-refractivity contribution in [1.29, 1.82) is 0 Å². The Morgan fingerprint density at radius 1 is 1.09 bits per heavy atom. The predicted octanol–water partition coefficient (Wildman–Crippen LogP) is 4.25. The summed E-state index contributed by atoms with van der Waals surface area (Å²) in [6, 6.07) is 5.68. The van der Waals surface area contributed by atoms with Crippen LogP contribution in [0.5, 0.6) is 0 Å². The summed E-state index contributed by atoms with van der Waals surface area (Å²) in [5.74, 6) is 0.140. The number of hydrogen-bond acceptors (Lipinski definition) is 4. The summed E-state index contributed by atoms with van der Waals surface area (Å²) in [4.78, 5) is 22.7. The van der Waals surface area contributed by atoms with E-state index in [2.05, 4.69) is 0 Å². The molecule has 1 aromatic rings. The van der Waals surface area contributed by atoms with Gasteiger partial charge in [0.15, 0.2) is 0 Å². The van der Waals surface area contributed by atoms with Crippen LogP contribution in [0, 0.1) is 16.0 Å². The van der Waals surface area contributed by atoms with Gasteiger partial charge in [0, 0.05) is 12.1 Å². The Morgan fingerprint density at radius 2 is 1.68 bits per heavy atom. The third kappa shape index (κ3) is 2.85. The van der Waals surface area contributed by atoms with Crippen molar-refractivity contribution >= 4 is 11.7 Å². The molecule has 1 aromatic carbocycles. The van der Waals surface area contributed by atoms with Gasteiger partial charge < -0.3 is 4.74 Å². The smallest absolute Gasteiger partial charge is 0.338 e. The predicted molar refractivity (Wildman–Crippen MR) is 81.7 cm³/mol. The van der Waals surface area contributed by atoms with Gasteiger partial charge in [-0.1, -0.05) is 12.8 Å². The maximum absolute atomic E-state index is 12.5. The van der Waals surface area contributed by atoms with Gasteiger partial charge in [-0.2, -0.15) is 0 Å². The average molecular weight is 303 g/mol.